The summed E-state index contributed by atoms with van der Waals surface area (Å²) in [4.78, 5) is 22.4. The zero-order valence-corrected chi connectivity index (χ0v) is 20.6. The van der Waals surface area contributed by atoms with E-state index in [1.54, 1.807) is 0 Å². The van der Waals surface area contributed by atoms with Gasteiger partial charge in [-0.15, -0.1) is 0 Å². The Balaban J connectivity index is 0.000000739. The summed E-state index contributed by atoms with van der Waals surface area (Å²) in [6, 6.07) is 2.70. The number of hydrogen-bond donors (Lipinski definition) is 2. The van der Waals surface area contributed by atoms with Gasteiger partial charge in [0.2, 0.25) is 0 Å². The first-order chi connectivity index (χ1) is 15.9. The largest absolute Gasteiger partial charge is 0.673 e. The van der Waals surface area contributed by atoms with Crippen LogP contribution >= 0.6 is 0 Å². The fourth-order valence-electron chi connectivity index (χ4n) is 5.33. The lowest BCUT2D eigenvalue weighted by molar-refractivity contribution is -0.593. The van der Waals surface area contributed by atoms with Gasteiger partial charge in [0.05, 0.1) is 30.3 Å². The number of halogens is 4. The molecule has 3 aliphatic heterocycles. The molecule has 11 heteroatoms. The molecule has 0 bridgehead atoms. The Labute approximate surface area is 200 Å². The number of ether oxygens (including phenoxy) is 1. The first-order valence-electron chi connectivity index (χ1n) is 12.7. The number of hydrogen-bond acceptors (Lipinski definition) is 5. The number of carbonyl (C=O) groups is 2. The van der Waals surface area contributed by atoms with E-state index in [1.165, 1.54) is 70.7 Å². The molecule has 34 heavy (non-hydrogen) atoms. The molecule has 0 spiro atoms. The van der Waals surface area contributed by atoms with Gasteiger partial charge in [0, 0.05) is 12.8 Å². The molecule has 0 aromatic rings. The van der Waals surface area contributed by atoms with Gasteiger partial charge in [-0.25, -0.2) is 0 Å². The summed E-state index contributed by atoms with van der Waals surface area (Å²) in [6.45, 7) is 5.63. The average molecular weight is 493 g/mol. The van der Waals surface area contributed by atoms with Crippen molar-refractivity contribution < 1.29 is 36.2 Å². The van der Waals surface area contributed by atoms with Crippen LogP contribution in [0.1, 0.15) is 97.8 Å². The highest BCUT2D eigenvalue weighted by molar-refractivity contribution is 6.50. The molecule has 0 aliphatic carbocycles. The van der Waals surface area contributed by atoms with E-state index in [0.717, 1.165) is 24.9 Å². The van der Waals surface area contributed by atoms with Crippen molar-refractivity contribution in [3.8, 4) is 0 Å². The van der Waals surface area contributed by atoms with Crippen LogP contribution in [-0.2, 0) is 14.3 Å². The maximum Gasteiger partial charge on any atom is 0.673 e. The molecule has 1 fully saturated rings. The van der Waals surface area contributed by atoms with E-state index in [4.69, 9.17) is 4.74 Å². The van der Waals surface area contributed by atoms with Crippen molar-refractivity contribution in [1.82, 2.24) is 10.6 Å². The summed E-state index contributed by atoms with van der Waals surface area (Å²) >= 11 is 0. The van der Waals surface area contributed by atoms with Crippen LogP contribution < -0.4 is 10.6 Å². The Morgan fingerprint density at radius 3 is 2.26 bits per heavy atom. The van der Waals surface area contributed by atoms with E-state index in [0.29, 0.717) is 12.1 Å². The van der Waals surface area contributed by atoms with Gasteiger partial charge >= 0.3 is 19.2 Å². The van der Waals surface area contributed by atoms with Crippen molar-refractivity contribution in [2.45, 2.75) is 128 Å². The minimum Gasteiger partial charge on any atom is -0.462 e. The Bertz CT molecular complexity index is 714. The van der Waals surface area contributed by atoms with E-state index in [9.17, 15) is 26.9 Å². The SMILES string of the molecule is CC(=O)CC(=O)O[C@H](C)CCCCCCC[C@@H]1C[C@@H]2CC[C@@H]3C[C@H](C)NC(=[N+]32)N1.F[B-](F)(F)F. The van der Waals surface area contributed by atoms with Crippen molar-refractivity contribution >= 4 is 25.0 Å². The van der Waals surface area contributed by atoms with Gasteiger partial charge in [0.25, 0.3) is 0 Å². The fraction of sp³-hybridized carbons (Fsp3) is 0.870. The van der Waals surface area contributed by atoms with Gasteiger partial charge in [-0.3, -0.25) is 24.8 Å². The lowest BCUT2D eigenvalue weighted by Gasteiger charge is -2.35. The second-order valence-corrected chi connectivity index (χ2v) is 10.0. The standard InChI is InChI=1S/C23H39N3O3.BF4/c1-16-13-20-11-12-21-15-19(25-23(24-16)26(20)21)10-8-6-4-5-7-9-18(3)29-22(28)14-17(2)27;2-1(3,4)5/h16,18-21H,4-15H2,1-3H3,(H,24,25);/q;-1/p+1/t16-,18+,19+,20+,21-;/m0./s1. The monoisotopic (exact) mass is 493 g/mol. The van der Waals surface area contributed by atoms with Crippen LogP contribution in [0.5, 0.6) is 0 Å². The third-order valence-electron chi connectivity index (χ3n) is 6.67. The molecule has 0 unspecified atom stereocenters. The molecule has 6 nitrogen and oxygen atoms in total. The quantitative estimate of drug-likeness (QED) is 0.110. The van der Waals surface area contributed by atoms with Crippen LogP contribution in [0, 0.1) is 0 Å². The first kappa shape index (κ1) is 28.4. The second kappa shape index (κ2) is 13.3. The van der Waals surface area contributed by atoms with Crippen LogP contribution in [0.15, 0.2) is 0 Å². The van der Waals surface area contributed by atoms with E-state index >= 15 is 0 Å². The molecule has 0 aromatic heterocycles. The number of esters is 1. The number of nitrogens with zero attached hydrogens (tertiary/aromatic N) is 1. The summed E-state index contributed by atoms with van der Waals surface area (Å²) in [5.41, 5.74) is 0. The number of guanidine groups is 1. The molecule has 5 atom stereocenters. The van der Waals surface area contributed by atoms with E-state index in [2.05, 4.69) is 22.1 Å². The number of ketones is 1. The average Bonchev–Trinajstić information content (AvgIpc) is 3.08. The third-order valence-corrected chi connectivity index (χ3v) is 6.67. The third kappa shape index (κ3) is 10.6. The smallest absolute Gasteiger partial charge is 0.462 e. The van der Waals surface area contributed by atoms with Crippen LogP contribution in [0.4, 0.5) is 17.3 Å². The maximum atomic E-state index is 11.5. The van der Waals surface area contributed by atoms with E-state index in [-0.39, 0.29) is 18.3 Å². The Morgan fingerprint density at radius 2 is 1.62 bits per heavy atom. The molecule has 0 aromatic carbocycles. The Morgan fingerprint density at radius 1 is 1.03 bits per heavy atom. The topological polar surface area (TPSA) is 70.4 Å². The summed E-state index contributed by atoms with van der Waals surface area (Å²) in [5, 5.41) is 7.47. The molecular weight excluding hydrogens is 453 g/mol. The summed E-state index contributed by atoms with van der Waals surface area (Å²) in [6.07, 6.45) is 13.3. The zero-order chi connectivity index (χ0) is 25.3. The number of nitrogens with one attached hydrogen (secondary N) is 2. The number of unbranched alkanes of at least 4 members (excludes halogenated alkanes) is 4. The Hall–Kier alpha value is -1.81. The minimum absolute atomic E-state index is 0.0890. The number of Topliss-reactive ketones (excluding diaryl/α,β-unsaturated/α-hetero) is 1. The molecule has 0 amide bonds. The first-order valence-corrected chi connectivity index (χ1v) is 12.7. The van der Waals surface area contributed by atoms with Crippen LogP contribution in [-0.4, -0.2) is 59.8 Å². The highest BCUT2D eigenvalue weighted by Gasteiger charge is 2.44. The molecule has 3 heterocycles. The molecule has 3 aliphatic rings. The molecule has 0 radical (unpaired) electrons. The minimum atomic E-state index is -6.00. The van der Waals surface area contributed by atoms with Gasteiger partial charge in [-0.2, -0.15) is 0 Å². The predicted octanol–water partition coefficient (Wildman–Crippen LogP) is 4.57. The number of rotatable bonds is 11. The highest BCUT2D eigenvalue weighted by Crippen LogP contribution is 2.31. The van der Waals surface area contributed by atoms with E-state index in [1.807, 2.05) is 6.92 Å². The van der Waals surface area contributed by atoms with Gasteiger partial charge in [-0.05, 0) is 52.9 Å². The summed E-state index contributed by atoms with van der Waals surface area (Å²) in [7, 11) is -6.00. The lowest BCUT2D eigenvalue weighted by Crippen LogP contribution is -2.61. The molecule has 2 N–H and O–H groups in total. The molecule has 3 rings (SSSR count). The van der Waals surface area contributed by atoms with Gasteiger partial charge in [-0.1, -0.05) is 25.7 Å². The predicted molar refractivity (Wildman–Crippen MR) is 124 cm³/mol. The number of carbonyl (C=O) groups excluding carboxylic acids is 2. The van der Waals surface area contributed by atoms with Crippen molar-refractivity contribution in [1.29, 1.82) is 0 Å². The van der Waals surface area contributed by atoms with Crippen molar-refractivity contribution in [3.63, 3.8) is 0 Å². The van der Waals surface area contributed by atoms with Gasteiger partial charge in [0.15, 0.2) is 0 Å². The van der Waals surface area contributed by atoms with Gasteiger partial charge in [0.1, 0.15) is 12.2 Å². The van der Waals surface area contributed by atoms with Gasteiger partial charge < -0.3 is 22.0 Å². The lowest BCUT2D eigenvalue weighted by atomic mass is 9.97. The van der Waals surface area contributed by atoms with Crippen LogP contribution in [0.25, 0.3) is 0 Å². The fourth-order valence-corrected chi connectivity index (χ4v) is 5.33. The highest BCUT2D eigenvalue weighted by atomic mass is 19.5. The summed E-state index contributed by atoms with van der Waals surface area (Å²) in [5.74, 6) is 0.778. The van der Waals surface area contributed by atoms with Crippen LogP contribution in [0.2, 0.25) is 0 Å². The van der Waals surface area contributed by atoms with Crippen molar-refractivity contribution in [3.05, 3.63) is 0 Å². The zero-order valence-electron chi connectivity index (χ0n) is 20.6. The summed E-state index contributed by atoms with van der Waals surface area (Å²) < 4.78 is 46.9. The molecule has 0 saturated carbocycles. The van der Waals surface area contributed by atoms with Crippen molar-refractivity contribution in [2.75, 3.05) is 0 Å². The molecule has 1 saturated heterocycles. The van der Waals surface area contributed by atoms with Crippen LogP contribution in [0.3, 0.4) is 0 Å². The maximum absolute atomic E-state index is 11.5. The Kier molecular flexibility index (Phi) is 11.1. The molecule has 196 valence electrons. The molecular formula is C23H40BF4N3O3. The van der Waals surface area contributed by atoms with E-state index < -0.39 is 13.2 Å². The van der Waals surface area contributed by atoms with Crippen molar-refractivity contribution in [2.24, 2.45) is 0 Å². The normalized spacial score (nSPS) is 26.4. The second-order valence-electron chi connectivity index (χ2n) is 10.0.